The van der Waals surface area contributed by atoms with Gasteiger partial charge >= 0.3 is 5.97 Å². The first-order chi connectivity index (χ1) is 24.6. The molecular formula is C37H29I2N3O8S. The molecule has 6 rings (SSSR count). The van der Waals surface area contributed by atoms with Gasteiger partial charge in [-0.25, -0.2) is 9.79 Å². The third-order valence-electron chi connectivity index (χ3n) is 7.95. The molecule has 14 heteroatoms. The number of nitrogens with zero attached hydrogens (tertiary/aromatic N) is 3. The van der Waals surface area contributed by atoms with Gasteiger partial charge in [0.05, 0.1) is 51.2 Å². The minimum Gasteiger partial charge on any atom is -0.493 e. The molecule has 1 aliphatic heterocycles. The predicted octanol–water partition coefficient (Wildman–Crippen LogP) is 6.65. The molecule has 0 N–H and O–H groups in total. The molecule has 0 bridgehead atoms. The normalized spacial score (nSPS) is 14.1. The van der Waals surface area contributed by atoms with Crippen LogP contribution in [0.15, 0.2) is 100 Å². The van der Waals surface area contributed by atoms with Crippen molar-refractivity contribution in [2.24, 2.45) is 4.99 Å². The first-order valence-corrected chi connectivity index (χ1v) is 18.5. The van der Waals surface area contributed by atoms with Gasteiger partial charge in [0.1, 0.15) is 12.4 Å². The maximum atomic E-state index is 14.5. The van der Waals surface area contributed by atoms with E-state index in [1.54, 1.807) is 43.3 Å². The SMILES string of the molecule is CCOC(=O)C1=C(c2ccccc2)N=c2s/c(=C\c3cc(I)cc(I)c3OCc3ccc([N+](=O)[O-])cc3)c(=O)n2[C@H]1c1ccc(OC)c(OC)c1. The first-order valence-electron chi connectivity index (χ1n) is 15.5. The minimum absolute atomic E-state index is 0.00779. The summed E-state index contributed by atoms with van der Waals surface area (Å²) in [6.07, 6.45) is 1.77. The molecule has 0 fully saturated rings. The van der Waals surface area contributed by atoms with Gasteiger partial charge in [0.25, 0.3) is 11.2 Å². The number of ether oxygens (including phenoxy) is 4. The summed E-state index contributed by atoms with van der Waals surface area (Å²) in [5, 5.41) is 11.1. The monoisotopic (exact) mass is 929 g/mol. The quantitative estimate of drug-likeness (QED) is 0.0624. The number of aromatic nitrogens is 1. The number of hydrogen-bond donors (Lipinski definition) is 0. The summed E-state index contributed by atoms with van der Waals surface area (Å²) in [4.78, 5) is 44.4. The Morgan fingerprint density at radius 3 is 2.39 bits per heavy atom. The number of benzene rings is 4. The highest BCUT2D eigenvalue weighted by Crippen LogP contribution is 2.38. The minimum atomic E-state index is -0.911. The van der Waals surface area contributed by atoms with Gasteiger partial charge in [0.15, 0.2) is 16.3 Å². The van der Waals surface area contributed by atoms with Crippen molar-refractivity contribution < 1.29 is 28.7 Å². The van der Waals surface area contributed by atoms with E-state index in [4.69, 9.17) is 23.9 Å². The second-order valence-corrected chi connectivity index (χ2v) is 14.5. The van der Waals surface area contributed by atoms with E-state index in [2.05, 4.69) is 45.2 Å². The van der Waals surface area contributed by atoms with E-state index in [1.807, 2.05) is 42.5 Å². The number of non-ortho nitro benzene ring substituents is 1. The molecule has 260 valence electrons. The van der Waals surface area contributed by atoms with E-state index in [9.17, 15) is 19.7 Å². The average molecular weight is 930 g/mol. The van der Waals surface area contributed by atoms with Crippen LogP contribution in [0.2, 0.25) is 0 Å². The summed E-state index contributed by atoms with van der Waals surface area (Å²) < 4.78 is 26.6. The highest BCUT2D eigenvalue weighted by Gasteiger charge is 2.35. The molecule has 0 spiro atoms. The largest absolute Gasteiger partial charge is 0.493 e. The molecule has 0 saturated heterocycles. The Morgan fingerprint density at radius 2 is 1.73 bits per heavy atom. The lowest BCUT2D eigenvalue weighted by atomic mass is 9.93. The third-order valence-corrected chi connectivity index (χ3v) is 10.4. The highest BCUT2D eigenvalue weighted by molar-refractivity contribution is 14.1. The predicted molar refractivity (Wildman–Crippen MR) is 210 cm³/mol. The maximum Gasteiger partial charge on any atom is 0.338 e. The fourth-order valence-electron chi connectivity index (χ4n) is 5.63. The van der Waals surface area contributed by atoms with E-state index < -0.39 is 16.9 Å². The second-order valence-electron chi connectivity index (χ2n) is 11.1. The number of hydrogen-bond acceptors (Lipinski definition) is 10. The van der Waals surface area contributed by atoms with Crippen molar-refractivity contribution in [3.63, 3.8) is 0 Å². The lowest BCUT2D eigenvalue weighted by Crippen LogP contribution is -2.40. The summed E-state index contributed by atoms with van der Waals surface area (Å²) in [6.45, 7) is 2.01. The van der Waals surface area contributed by atoms with E-state index in [0.29, 0.717) is 49.0 Å². The van der Waals surface area contributed by atoms with Crippen LogP contribution in [0.25, 0.3) is 11.8 Å². The molecule has 0 aliphatic carbocycles. The van der Waals surface area contributed by atoms with Gasteiger partial charge < -0.3 is 18.9 Å². The summed E-state index contributed by atoms with van der Waals surface area (Å²) in [5.74, 6) is 0.882. The molecule has 0 radical (unpaired) electrons. The van der Waals surface area contributed by atoms with Gasteiger partial charge in [-0.3, -0.25) is 19.5 Å². The Hall–Kier alpha value is -4.55. The molecule has 5 aromatic rings. The van der Waals surface area contributed by atoms with Crippen LogP contribution in [0.4, 0.5) is 5.69 Å². The molecule has 11 nitrogen and oxygen atoms in total. The van der Waals surface area contributed by atoms with Gasteiger partial charge in [-0.1, -0.05) is 47.7 Å². The van der Waals surface area contributed by atoms with Crippen LogP contribution >= 0.6 is 56.5 Å². The number of halogens is 2. The van der Waals surface area contributed by atoms with Gasteiger partial charge in [-0.05, 0) is 106 Å². The van der Waals surface area contributed by atoms with E-state index in [-0.39, 0.29) is 30.0 Å². The van der Waals surface area contributed by atoms with Gasteiger partial charge in [0.2, 0.25) is 0 Å². The molecule has 1 aliphatic rings. The zero-order chi connectivity index (χ0) is 36.2. The van der Waals surface area contributed by atoms with Crippen molar-refractivity contribution in [1.29, 1.82) is 0 Å². The van der Waals surface area contributed by atoms with Crippen molar-refractivity contribution in [2.75, 3.05) is 20.8 Å². The molecular weight excluding hydrogens is 900 g/mol. The lowest BCUT2D eigenvalue weighted by molar-refractivity contribution is -0.384. The molecule has 51 heavy (non-hydrogen) atoms. The van der Waals surface area contributed by atoms with Crippen LogP contribution in [-0.2, 0) is 16.1 Å². The van der Waals surface area contributed by atoms with E-state index in [0.717, 1.165) is 12.7 Å². The number of thiazole rings is 1. The Morgan fingerprint density at radius 1 is 1.00 bits per heavy atom. The fraction of sp³-hybridized carbons (Fsp3) is 0.162. The lowest BCUT2D eigenvalue weighted by Gasteiger charge is -2.26. The summed E-state index contributed by atoms with van der Waals surface area (Å²) in [7, 11) is 3.06. The third kappa shape index (κ3) is 7.57. The number of nitro groups is 1. The Bertz CT molecular complexity index is 2360. The van der Waals surface area contributed by atoms with Crippen LogP contribution in [0.3, 0.4) is 0 Å². The molecule has 2 heterocycles. The summed E-state index contributed by atoms with van der Waals surface area (Å²) in [6, 6.07) is 23.7. The zero-order valence-electron chi connectivity index (χ0n) is 27.4. The fourth-order valence-corrected chi connectivity index (χ4v) is 8.67. The number of carbonyl (C=O) groups excluding carboxylic acids is 1. The van der Waals surface area contributed by atoms with Crippen molar-refractivity contribution >= 4 is 79.9 Å². The summed E-state index contributed by atoms with van der Waals surface area (Å²) >= 11 is 5.60. The van der Waals surface area contributed by atoms with E-state index >= 15 is 0 Å². The van der Waals surface area contributed by atoms with Crippen molar-refractivity contribution in [2.45, 2.75) is 19.6 Å². The van der Waals surface area contributed by atoms with Crippen molar-refractivity contribution in [3.05, 3.63) is 150 Å². The van der Waals surface area contributed by atoms with Crippen LogP contribution in [0.5, 0.6) is 17.2 Å². The van der Waals surface area contributed by atoms with Crippen LogP contribution in [-0.4, -0.2) is 36.3 Å². The standard InChI is InChI=1S/C37H29I2N3O8S/c1-4-49-36(44)31-32(22-8-6-5-7-9-22)40-37-41(33(31)23-12-15-28(47-2)29(17-23)48-3)35(43)30(51-37)18-24-16-25(38)19-27(39)34(24)50-20-21-10-13-26(14-11-21)42(45)46/h5-19,33H,4,20H2,1-3H3/b30-18-/t33-/m0/s1. The Labute approximate surface area is 323 Å². The Balaban J connectivity index is 1.55. The van der Waals surface area contributed by atoms with Gasteiger partial charge in [-0.2, -0.15) is 0 Å². The molecule has 0 unspecified atom stereocenters. The molecule has 4 aromatic carbocycles. The van der Waals surface area contributed by atoms with Crippen LogP contribution < -0.4 is 29.1 Å². The van der Waals surface area contributed by atoms with Crippen molar-refractivity contribution in [3.8, 4) is 17.2 Å². The van der Waals surface area contributed by atoms with Crippen LogP contribution in [0, 0.1) is 17.3 Å². The van der Waals surface area contributed by atoms with Gasteiger partial charge in [-0.15, -0.1) is 0 Å². The highest BCUT2D eigenvalue weighted by atomic mass is 127. The molecule has 1 aromatic heterocycles. The molecule has 0 saturated carbocycles. The van der Waals surface area contributed by atoms with Crippen molar-refractivity contribution in [1.82, 2.24) is 4.57 Å². The number of fused-ring (bicyclic) bond motifs is 1. The smallest absolute Gasteiger partial charge is 0.338 e. The van der Waals surface area contributed by atoms with Crippen LogP contribution in [0.1, 0.15) is 35.2 Å². The van der Waals surface area contributed by atoms with Gasteiger partial charge in [0, 0.05) is 26.8 Å². The summed E-state index contributed by atoms with van der Waals surface area (Å²) in [5.41, 5.74) is 2.95. The average Bonchev–Trinajstić information content (AvgIpc) is 3.44. The number of nitro benzene ring substituents is 1. The zero-order valence-corrected chi connectivity index (χ0v) is 32.6. The number of methoxy groups -OCH3 is 2. The van der Waals surface area contributed by atoms with E-state index in [1.165, 1.54) is 42.3 Å². The number of carbonyl (C=O) groups is 1. The topological polar surface area (TPSA) is 131 Å². The number of rotatable bonds is 11. The number of esters is 1. The molecule has 1 atom stereocenters. The Kier molecular flexibility index (Phi) is 11.2. The molecule has 0 amide bonds. The first kappa shape index (κ1) is 36.2. The maximum absolute atomic E-state index is 14.5. The second kappa shape index (κ2) is 15.8.